The van der Waals surface area contributed by atoms with Crippen molar-refractivity contribution in [1.82, 2.24) is 15.1 Å². The van der Waals surface area contributed by atoms with Crippen molar-refractivity contribution in [1.29, 1.82) is 0 Å². The quantitative estimate of drug-likeness (QED) is 0.539. The van der Waals surface area contributed by atoms with Gasteiger partial charge >= 0.3 is 5.97 Å². The van der Waals surface area contributed by atoms with Gasteiger partial charge in [-0.3, -0.25) is 14.4 Å². The van der Waals surface area contributed by atoms with E-state index >= 15 is 0 Å². The molecule has 2 aromatic rings. The Labute approximate surface area is 192 Å². The van der Waals surface area contributed by atoms with E-state index in [1.165, 1.54) is 17.8 Å². The second kappa shape index (κ2) is 12.3. The van der Waals surface area contributed by atoms with Crippen molar-refractivity contribution in [3.8, 4) is 10.6 Å². The molecule has 8 nitrogen and oxygen atoms in total. The van der Waals surface area contributed by atoms with E-state index in [0.717, 1.165) is 36.3 Å². The van der Waals surface area contributed by atoms with Crippen LogP contribution in [-0.2, 0) is 19.1 Å². The molecule has 1 aliphatic carbocycles. The van der Waals surface area contributed by atoms with Gasteiger partial charge in [0, 0.05) is 31.0 Å². The Bertz CT molecular complexity index is 896. The number of amides is 2. The van der Waals surface area contributed by atoms with Crippen molar-refractivity contribution < 1.29 is 19.1 Å². The highest BCUT2D eigenvalue weighted by atomic mass is 32.1. The normalized spacial score (nSPS) is 14.0. The van der Waals surface area contributed by atoms with E-state index in [4.69, 9.17) is 4.74 Å². The molecule has 0 atom stereocenters. The van der Waals surface area contributed by atoms with Crippen molar-refractivity contribution in [2.45, 2.75) is 64.3 Å². The Kier molecular flexibility index (Phi) is 9.15. The first-order chi connectivity index (χ1) is 15.6. The molecule has 1 aromatic heterocycles. The molecule has 1 saturated carbocycles. The number of carbonyl (C=O) groups excluding carboxylic acids is 3. The molecule has 0 unspecified atom stereocenters. The summed E-state index contributed by atoms with van der Waals surface area (Å²) >= 11 is 1.31. The van der Waals surface area contributed by atoms with Crippen molar-refractivity contribution in [3.63, 3.8) is 0 Å². The van der Waals surface area contributed by atoms with Crippen LogP contribution in [0.15, 0.2) is 30.3 Å². The van der Waals surface area contributed by atoms with E-state index in [0.29, 0.717) is 18.3 Å². The third kappa shape index (κ3) is 7.12. The van der Waals surface area contributed by atoms with Crippen molar-refractivity contribution in [2.24, 2.45) is 0 Å². The van der Waals surface area contributed by atoms with Crippen LogP contribution in [0.3, 0.4) is 0 Å². The number of hydrogen-bond acceptors (Lipinski definition) is 7. The number of esters is 1. The molecule has 9 heteroatoms. The van der Waals surface area contributed by atoms with Gasteiger partial charge in [-0.05, 0) is 19.8 Å². The average Bonchev–Trinajstić information content (AvgIpc) is 3.28. The molecule has 3 rings (SSSR count). The molecule has 1 aliphatic rings. The van der Waals surface area contributed by atoms with E-state index in [-0.39, 0.29) is 43.1 Å². The van der Waals surface area contributed by atoms with E-state index < -0.39 is 0 Å². The Morgan fingerprint density at radius 1 is 1.06 bits per heavy atom. The summed E-state index contributed by atoms with van der Waals surface area (Å²) in [6.45, 7) is 2.37. The maximum atomic E-state index is 12.8. The van der Waals surface area contributed by atoms with Crippen LogP contribution >= 0.6 is 11.3 Å². The van der Waals surface area contributed by atoms with Gasteiger partial charge in [0.05, 0.1) is 13.0 Å². The highest BCUT2D eigenvalue weighted by Crippen LogP contribution is 2.26. The lowest BCUT2D eigenvalue weighted by molar-refractivity contribution is -0.146. The molecule has 0 aliphatic heterocycles. The summed E-state index contributed by atoms with van der Waals surface area (Å²) < 4.78 is 4.93. The number of ether oxygens (including phenoxy) is 1. The van der Waals surface area contributed by atoms with Gasteiger partial charge in [-0.25, -0.2) is 0 Å². The zero-order chi connectivity index (χ0) is 22.8. The fourth-order valence-electron chi connectivity index (χ4n) is 3.86. The molecule has 0 bridgehead atoms. The molecular formula is C23H30N4O4S. The Hall–Kier alpha value is -2.81. The minimum atomic E-state index is -0.368. The fraction of sp³-hybridized carbons (Fsp3) is 0.522. The van der Waals surface area contributed by atoms with Gasteiger partial charge in [-0.15, -0.1) is 10.2 Å². The number of benzene rings is 1. The first kappa shape index (κ1) is 23.8. The number of anilines is 1. The average molecular weight is 459 g/mol. The van der Waals surface area contributed by atoms with Gasteiger partial charge in [0.25, 0.3) is 0 Å². The minimum absolute atomic E-state index is 0.0646. The number of carbonyl (C=O) groups is 3. The molecule has 0 radical (unpaired) electrons. The largest absolute Gasteiger partial charge is 0.466 e. The lowest BCUT2D eigenvalue weighted by atomic mass is 9.93. The standard InChI is InChI=1S/C23H30N4O4S/c1-2-31-21(30)14-13-20(29)27(18-11-7-4-8-12-18)16-15-19(28)24-23-26-25-22(32-23)17-9-5-3-6-10-17/h3,5-6,9-10,18H,2,4,7-8,11-16H2,1H3,(H,24,26,28). The van der Waals surface area contributed by atoms with E-state index in [9.17, 15) is 14.4 Å². The van der Waals surface area contributed by atoms with Crippen LogP contribution in [0, 0.1) is 0 Å². The van der Waals surface area contributed by atoms with Crippen molar-refractivity contribution in [3.05, 3.63) is 30.3 Å². The molecule has 172 valence electrons. The highest BCUT2D eigenvalue weighted by Gasteiger charge is 2.26. The van der Waals surface area contributed by atoms with Gasteiger partial charge in [0.2, 0.25) is 16.9 Å². The number of nitrogens with one attached hydrogen (secondary N) is 1. The molecule has 0 saturated heterocycles. The van der Waals surface area contributed by atoms with Crippen molar-refractivity contribution in [2.75, 3.05) is 18.5 Å². The summed E-state index contributed by atoms with van der Waals surface area (Å²) in [5, 5.41) is 12.2. The monoisotopic (exact) mass is 458 g/mol. The smallest absolute Gasteiger partial charge is 0.306 e. The first-order valence-corrected chi connectivity index (χ1v) is 12.0. The van der Waals surface area contributed by atoms with Crippen LogP contribution in [0.1, 0.15) is 58.3 Å². The molecule has 0 spiro atoms. The van der Waals surface area contributed by atoms with Crippen LogP contribution in [0.25, 0.3) is 10.6 Å². The summed E-state index contributed by atoms with van der Waals surface area (Å²) in [6.07, 6.45) is 5.53. The van der Waals surface area contributed by atoms with Gasteiger partial charge in [-0.1, -0.05) is 60.9 Å². The number of rotatable bonds is 10. The van der Waals surface area contributed by atoms with E-state index in [1.54, 1.807) is 11.8 Å². The number of nitrogens with zero attached hydrogens (tertiary/aromatic N) is 3. The highest BCUT2D eigenvalue weighted by molar-refractivity contribution is 7.18. The van der Waals surface area contributed by atoms with Crippen LogP contribution in [-0.4, -0.2) is 52.1 Å². The van der Waals surface area contributed by atoms with Crippen LogP contribution in [0.2, 0.25) is 0 Å². The number of hydrogen-bond donors (Lipinski definition) is 1. The molecule has 1 N–H and O–H groups in total. The van der Waals surface area contributed by atoms with E-state index in [2.05, 4.69) is 15.5 Å². The minimum Gasteiger partial charge on any atom is -0.466 e. The zero-order valence-corrected chi connectivity index (χ0v) is 19.2. The number of aromatic nitrogens is 2. The molecule has 1 heterocycles. The Morgan fingerprint density at radius 3 is 2.53 bits per heavy atom. The van der Waals surface area contributed by atoms with Gasteiger partial charge in [0.1, 0.15) is 5.01 Å². The lowest BCUT2D eigenvalue weighted by Crippen LogP contribution is -2.43. The summed E-state index contributed by atoms with van der Waals surface area (Å²) in [6, 6.07) is 9.78. The predicted molar refractivity (Wildman–Crippen MR) is 123 cm³/mol. The zero-order valence-electron chi connectivity index (χ0n) is 18.4. The van der Waals surface area contributed by atoms with Gasteiger partial charge in [0.15, 0.2) is 0 Å². The van der Waals surface area contributed by atoms with Crippen LogP contribution < -0.4 is 5.32 Å². The predicted octanol–water partition coefficient (Wildman–Crippen LogP) is 4.04. The summed E-state index contributed by atoms with van der Waals surface area (Å²) in [5.41, 5.74) is 0.946. The third-order valence-corrected chi connectivity index (χ3v) is 6.34. The Morgan fingerprint density at radius 2 is 1.81 bits per heavy atom. The Balaban J connectivity index is 1.55. The van der Waals surface area contributed by atoms with E-state index in [1.807, 2.05) is 30.3 Å². The van der Waals surface area contributed by atoms with Crippen LogP contribution in [0.4, 0.5) is 5.13 Å². The molecular weight excluding hydrogens is 428 g/mol. The summed E-state index contributed by atoms with van der Waals surface area (Å²) in [7, 11) is 0. The maximum Gasteiger partial charge on any atom is 0.306 e. The van der Waals surface area contributed by atoms with Gasteiger partial charge in [-0.2, -0.15) is 0 Å². The molecule has 1 aromatic carbocycles. The maximum absolute atomic E-state index is 12.8. The lowest BCUT2D eigenvalue weighted by Gasteiger charge is -2.34. The van der Waals surface area contributed by atoms with Crippen LogP contribution in [0.5, 0.6) is 0 Å². The molecule has 1 fully saturated rings. The fourth-order valence-corrected chi connectivity index (χ4v) is 4.63. The second-order valence-electron chi connectivity index (χ2n) is 7.76. The summed E-state index contributed by atoms with van der Waals surface area (Å²) in [4.78, 5) is 38.8. The van der Waals surface area contributed by atoms with Gasteiger partial charge < -0.3 is 15.0 Å². The third-order valence-electron chi connectivity index (χ3n) is 5.46. The SMILES string of the molecule is CCOC(=O)CCC(=O)N(CCC(=O)Nc1nnc(-c2ccccc2)s1)C1CCCCC1. The second-order valence-corrected chi connectivity index (χ2v) is 8.74. The topological polar surface area (TPSA) is 101 Å². The first-order valence-electron chi connectivity index (χ1n) is 11.2. The molecule has 2 amide bonds. The summed E-state index contributed by atoms with van der Waals surface area (Å²) in [5.74, 6) is -0.674. The molecule has 32 heavy (non-hydrogen) atoms. The van der Waals surface area contributed by atoms with Crippen molar-refractivity contribution >= 4 is 34.3 Å².